The van der Waals surface area contributed by atoms with E-state index in [0.717, 1.165) is 43.9 Å². The molecule has 1 aliphatic rings. The normalized spacial score (nSPS) is 14.9. The highest BCUT2D eigenvalue weighted by Crippen LogP contribution is 2.15. The molecule has 0 spiro atoms. The van der Waals surface area contributed by atoms with Crippen LogP contribution in [0.5, 0.6) is 0 Å². The van der Waals surface area contributed by atoms with Crippen LogP contribution in [0.25, 0.3) is 0 Å². The smallest absolute Gasteiger partial charge is 0.273 e. The number of oxazole rings is 1. The molecular formula is C23H25N5O4. The third kappa shape index (κ3) is 5.77. The number of nitro groups is 1. The van der Waals surface area contributed by atoms with E-state index in [1.54, 1.807) is 12.1 Å². The number of nitro benzene ring substituents is 1. The van der Waals surface area contributed by atoms with Crippen molar-refractivity contribution in [1.82, 2.24) is 20.1 Å². The number of non-ortho nitro benzene ring substituents is 1. The van der Waals surface area contributed by atoms with Gasteiger partial charge in [0.2, 0.25) is 5.89 Å². The van der Waals surface area contributed by atoms with Crippen LogP contribution in [0.4, 0.5) is 5.69 Å². The average Bonchev–Trinajstić information content (AvgIpc) is 3.28. The molecule has 0 atom stereocenters. The van der Waals surface area contributed by atoms with Crippen molar-refractivity contribution in [2.75, 3.05) is 26.2 Å². The van der Waals surface area contributed by atoms with E-state index in [1.165, 1.54) is 6.26 Å². The van der Waals surface area contributed by atoms with Gasteiger partial charge in [0.05, 0.1) is 11.5 Å². The zero-order chi connectivity index (χ0) is 22.3. The Hall–Kier alpha value is -3.56. The molecular weight excluding hydrogens is 410 g/mol. The Balaban J connectivity index is 1.22. The maximum absolute atomic E-state index is 12.3. The summed E-state index contributed by atoms with van der Waals surface area (Å²) in [5.74, 6) is 0.274. The van der Waals surface area contributed by atoms with Crippen molar-refractivity contribution in [1.29, 1.82) is 0 Å². The second-order valence-electron chi connectivity index (χ2n) is 7.77. The molecule has 1 aromatic heterocycles. The highest BCUT2D eigenvalue weighted by Gasteiger charge is 2.20. The summed E-state index contributed by atoms with van der Waals surface area (Å²) in [6, 6.07) is 16.4. The van der Waals surface area contributed by atoms with E-state index in [2.05, 4.69) is 20.1 Å². The van der Waals surface area contributed by atoms with Crippen LogP contribution in [-0.2, 0) is 19.6 Å². The van der Waals surface area contributed by atoms with Crippen molar-refractivity contribution in [3.63, 3.8) is 0 Å². The lowest BCUT2D eigenvalue weighted by Crippen LogP contribution is -2.45. The third-order valence-corrected chi connectivity index (χ3v) is 5.46. The lowest BCUT2D eigenvalue weighted by Gasteiger charge is -2.34. The van der Waals surface area contributed by atoms with Gasteiger partial charge in [0.1, 0.15) is 6.26 Å². The summed E-state index contributed by atoms with van der Waals surface area (Å²) < 4.78 is 5.51. The second-order valence-corrected chi connectivity index (χ2v) is 7.77. The van der Waals surface area contributed by atoms with Crippen molar-refractivity contribution in [2.45, 2.75) is 19.6 Å². The van der Waals surface area contributed by atoms with E-state index < -0.39 is 0 Å². The van der Waals surface area contributed by atoms with Crippen molar-refractivity contribution in [2.24, 2.45) is 0 Å². The molecule has 9 nitrogen and oxygen atoms in total. The van der Waals surface area contributed by atoms with E-state index in [1.807, 2.05) is 42.5 Å². The Morgan fingerprint density at radius 1 is 0.969 bits per heavy atom. The van der Waals surface area contributed by atoms with Gasteiger partial charge in [0, 0.05) is 51.4 Å². The molecule has 3 aromatic rings. The van der Waals surface area contributed by atoms with Crippen LogP contribution in [0.15, 0.2) is 65.3 Å². The molecule has 0 radical (unpaired) electrons. The number of piperazine rings is 1. The molecule has 1 saturated heterocycles. The maximum atomic E-state index is 12.3. The van der Waals surface area contributed by atoms with Crippen molar-refractivity contribution >= 4 is 11.6 Å². The molecule has 166 valence electrons. The van der Waals surface area contributed by atoms with Crippen LogP contribution in [0.3, 0.4) is 0 Å². The van der Waals surface area contributed by atoms with Gasteiger partial charge in [-0.3, -0.25) is 24.7 Å². The summed E-state index contributed by atoms with van der Waals surface area (Å²) in [7, 11) is 0. The lowest BCUT2D eigenvalue weighted by atomic mass is 10.2. The van der Waals surface area contributed by atoms with E-state index in [0.29, 0.717) is 19.0 Å². The summed E-state index contributed by atoms with van der Waals surface area (Å²) in [5.41, 5.74) is 2.48. The molecule has 4 rings (SSSR count). The molecule has 9 heteroatoms. The van der Waals surface area contributed by atoms with Crippen LogP contribution >= 0.6 is 0 Å². The molecule has 2 heterocycles. The first-order chi connectivity index (χ1) is 15.6. The van der Waals surface area contributed by atoms with E-state index in [4.69, 9.17) is 4.42 Å². The number of rotatable bonds is 8. The molecule has 0 bridgehead atoms. The molecule has 1 fully saturated rings. The first-order valence-corrected chi connectivity index (χ1v) is 10.5. The molecule has 2 aromatic carbocycles. The Morgan fingerprint density at radius 2 is 1.62 bits per heavy atom. The fourth-order valence-corrected chi connectivity index (χ4v) is 3.63. The highest BCUT2D eigenvalue weighted by atomic mass is 16.6. The fraction of sp³-hybridized carbons (Fsp3) is 0.304. The molecule has 1 aliphatic heterocycles. The summed E-state index contributed by atoms with van der Waals surface area (Å²) in [6.45, 7) is 5.21. The summed E-state index contributed by atoms with van der Waals surface area (Å²) in [6.07, 6.45) is 1.40. The zero-order valence-electron chi connectivity index (χ0n) is 17.6. The number of aromatic nitrogens is 1. The third-order valence-electron chi connectivity index (χ3n) is 5.46. The number of hydrogen-bond acceptors (Lipinski definition) is 7. The van der Waals surface area contributed by atoms with Crippen LogP contribution in [0.1, 0.15) is 27.5 Å². The number of benzene rings is 2. The van der Waals surface area contributed by atoms with Crippen molar-refractivity contribution in [3.8, 4) is 0 Å². The Labute approximate surface area is 185 Å². The minimum absolute atomic E-state index is 0.109. The van der Waals surface area contributed by atoms with E-state index in [9.17, 15) is 14.9 Å². The summed E-state index contributed by atoms with van der Waals surface area (Å²) in [5, 5.41) is 13.6. The van der Waals surface area contributed by atoms with Crippen LogP contribution < -0.4 is 5.32 Å². The monoisotopic (exact) mass is 435 g/mol. The van der Waals surface area contributed by atoms with Crippen LogP contribution in [0, 0.1) is 10.1 Å². The largest absolute Gasteiger partial charge is 0.447 e. The zero-order valence-corrected chi connectivity index (χ0v) is 17.6. The Morgan fingerprint density at radius 3 is 2.28 bits per heavy atom. The van der Waals surface area contributed by atoms with Gasteiger partial charge in [-0.25, -0.2) is 4.98 Å². The van der Waals surface area contributed by atoms with Gasteiger partial charge in [-0.1, -0.05) is 42.5 Å². The predicted molar refractivity (Wildman–Crippen MR) is 118 cm³/mol. The van der Waals surface area contributed by atoms with Crippen LogP contribution in [0.2, 0.25) is 0 Å². The predicted octanol–water partition coefficient (Wildman–Crippen LogP) is 2.83. The topological polar surface area (TPSA) is 105 Å². The van der Waals surface area contributed by atoms with Gasteiger partial charge in [-0.15, -0.1) is 0 Å². The number of nitrogens with zero attached hydrogens (tertiary/aromatic N) is 4. The molecule has 0 unspecified atom stereocenters. The van der Waals surface area contributed by atoms with Crippen molar-refractivity contribution in [3.05, 3.63) is 93.7 Å². The summed E-state index contributed by atoms with van der Waals surface area (Å²) >= 11 is 0. The standard InChI is InChI=1S/C23H25N5O4/c29-23(24-14-18-4-2-1-3-5-18)21-17-32-22(25-21)16-27-12-10-26(11-13-27)15-19-6-8-20(9-7-19)28(30)31/h1-9,17H,10-16H2,(H,24,29). The number of hydrogen-bond donors (Lipinski definition) is 1. The molecule has 1 N–H and O–H groups in total. The number of amides is 1. The number of carbonyl (C=O) groups excluding carboxylic acids is 1. The fourth-order valence-electron chi connectivity index (χ4n) is 3.63. The first kappa shape index (κ1) is 21.7. The van der Waals surface area contributed by atoms with Crippen molar-refractivity contribution < 1.29 is 14.1 Å². The van der Waals surface area contributed by atoms with E-state index >= 15 is 0 Å². The second kappa shape index (κ2) is 10.2. The van der Waals surface area contributed by atoms with Gasteiger partial charge >= 0.3 is 0 Å². The van der Waals surface area contributed by atoms with Crippen LogP contribution in [-0.4, -0.2) is 51.8 Å². The SMILES string of the molecule is O=C(NCc1ccccc1)c1coc(CN2CCN(Cc3ccc([N+](=O)[O-])cc3)CC2)n1. The van der Waals surface area contributed by atoms with E-state index in [-0.39, 0.29) is 22.2 Å². The Bertz CT molecular complexity index is 1040. The molecule has 32 heavy (non-hydrogen) atoms. The molecule has 0 aliphatic carbocycles. The minimum atomic E-state index is -0.385. The van der Waals surface area contributed by atoms with Gasteiger partial charge in [-0.05, 0) is 11.1 Å². The lowest BCUT2D eigenvalue weighted by molar-refractivity contribution is -0.384. The van der Waals surface area contributed by atoms with Gasteiger partial charge in [-0.2, -0.15) is 0 Å². The first-order valence-electron chi connectivity index (χ1n) is 10.5. The minimum Gasteiger partial charge on any atom is -0.447 e. The average molecular weight is 435 g/mol. The van der Waals surface area contributed by atoms with Gasteiger partial charge in [0.15, 0.2) is 5.69 Å². The molecule has 1 amide bonds. The Kier molecular flexibility index (Phi) is 6.88. The highest BCUT2D eigenvalue weighted by molar-refractivity contribution is 5.91. The number of nitrogens with one attached hydrogen (secondary N) is 1. The number of carbonyl (C=O) groups is 1. The van der Waals surface area contributed by atoms with Gasteiger partial charge in [0.25, 0.3) is 11.6 Å². The maximum Gasteiger partial charge on any atom is 0.273 e. The van der Waals surface area contributed by atoms with Gasteiger partial charge < -0.3 is 9.73 Å². The summed E-state index contributed by atoms with van der Waals surface area (Å²) in [4.78, 5) is 31.6. The molecule has 0 saturated carbocycles. The quantitative estimate of drug-likeness (QED) is 0.428.